The molecular weight excluding hydrogens is 220 g/mol. The van der Waals surface area contributed by atoms with E-state index >= 15 is 0 Å². The molecular formula is C12H24N2O3. The van der Waals surface area contributed by atoms with E-state index in [9.17, 15) is 4.79 Å². The predicted molar refractivity (Wildman–Crippen MR) is 66.0 cm³/mol. The first-order chi connectivity index (χ1) is 8.15. The molecule has 3 N–H and O–H groups in total. The number of carboxylic acids is 1. The molecule has 0 aliphatic carbocycles. The van der Waals surface area contributed by atoms with Crippen molar-refractivity contribution >= 4 is 5.97 Å². The molecule has 0 radical (unpaired) electrons. The molecule has 0 amide bonds. The fourth-order valence-electron chi connectivity index (χ4n) is 2.65. The molecule has 2 unspecified atom stereocenters. The second-order valence-electron chi connectivity index (χ2n) is 4.81. The van der Waals surface area contributed by atoms with Crippen molar-refractivity contribution < 1.29 is 15.0 Å². The Bertz CT molecular complexity index is 236. The van der Waals surface area contributed by atoms with Crippen molar-refractivity contribution in [3.63, 3.8) is 0 Å². The van der Waals surface area contributed by atoms with Crippen LogP contribution >= 0.6 is 0 Å². The lowest BCUT2D eigenvalue weighted by Gasteiger charge is -2.37. The van der Waals surface area contributed by atoms with Crippen molar-refractivity contribution in [2.24, 2.45) is 5.92 Å². The molecule has 1 aliphatic rings. The minimum Gasteiger partial charge on any atom is -0.480 e. The van der Waals surface area contributed by atoms with Crippen molar-refractivity contribution in [2.45, 2.75) is 32.2 Å². The molecule has 17 heavy (non-hydrogen) atoms. The Balaban J connectivity index is 2.46. The van der Waals surface area contributed by atoms with Crippen LogP contribution in [0.5, 0.6) is 0 Å². The second kappa shape index (κ2) is 7.63. The lowest BCUT2D eigenvalue weighted by Crippen LogP contribution is -2.50. The summed E-state index contributed by atoms with van der Waals surface area (Å²) in [4.78, 5) is 12.8. The summed E-state index contributed by atoms with van der Waals surface area (Å²) < 4.78 is 0. The van der Waals surface area contributed by atoms with E-state index in [1.54, 1.807) is 0 Å². The predicted octanol–water partition coefficient (Wildman–Crippen LogP) is 0.144. The number of aliphatic hydroxyl groups is 1. The van der Waals surface area contributed by atoms with Gasteiger partial charge in [-0.1, -0.05) is 6.92 Å². The molecule has 0 bridgehead atoms. The number of likely N-dealkylation sites (tertiary alicyclic amines) is 1. The van der Waals surface area contributed by atoms with Gasteiger partial charge in [0.05, 0.1) is 6.54 Å². The number of nitrogens with zero attached hydrogens (tertiary/aromatic N) is 1. The van der Waals surface area contributed by atoms with Gasteiger partial charge < -0.3 is 15.5 Å². The fraction of sp³-hybridized carbons (Fsp3) is 0.917. The highest BCUT2D eigenvalue weighted by Gasteiger charge is 2.27. The largest absolute Gasteiger partial charge is 0.480 e. The summed E-state index contributed by atoms with van der Waals surface area (Å²) in [6.07, 6.45) is 2.88. The molecule has 2 atom stereocenters. The van der Waals surface area contributed by atoms with Crippen LogP contribution in [-0.4, -0.2) is 59.9 Å². The molecule has 0 aromatic rings. The fourth-order valence-corrected chi connectivity index (χ4v) is 2.65. The second-order valence-corrected chi connectivity index (χ2v) is 4.81. The van der Waals surface area contributed by atoms with Crippen LogP contribution in [0.4, 0.5) is 0 Å². The van der Waals surface area contributed by atoms with Gasteiger partial charge in [-0.15, -0.1) is 0 Å². The van der Waals surface area contributed by atoms with Crippen LogP contribution in [0.3, 0.4) is 0 Å². The summed E-state index contributed by atoms with van der Waals surface area (Å²) in [6.45, 7) is 4.99. The smallest absolute Gasteiger partial charge is 0.317 e. The van der Waals surface area contributed by atoms with Gasteiger partial charge in [0.2, 0.25) is 0 Å². The first-order valence-corrected chi connectivity index (χ1v) is 6.44. The quantitative estimate of drug-likeness (QED) is 0.594. The van der Waals surface area contributed by atoms with Crippen molar-refractivity contribution in [1.82, 2.24) is 10.2 Å². The highest BCUT2D eigenvalue weighted by atomic mass is 16.4. The summed E-state index contributed by atoms with van der Waals surface area (Å²) in [5, 5.41) is 21.1. The van der Waals surface area contributed by atoms with Gasteiger partial charge in [0, 0.05) is 25.7 Å². The van der Waals surface area contributed by atoms with E-state index in [1.807, 2.05) is 4.90 Å². The molecule has 0 aromatic carbocycles. The van der Waals surface area contributed by atoms with Crippen LogP contribution in [-0.2, 0) is 4.79 Å². The summed E-state index contributed by atoms with van der Waals surface area (Å²) in [5.41, 5.74) is 0. The zero-order valence-electron chi connectivity index (χ0n) is 10.6. The molecule has 0 saturated carbocycles. The third-order valence-corrected chi connectivity index (χ3v) is 3.23. The van der Waals surface area contributed by atoms with Crippen LogP contribution in [0.1, 0.15) is 26.2 Å². The minimum absolute atomic E-state index is 0.123. The number of aliphatic hydroxyl groups excluding tert-OH is 1. The summed E-state index contributed by atoms with van der Waals surface area (Å²) in [7, 11) is 0. The zero-order chi connectivity index (χ0) is 12.7. The molecule has 5 nitrogen and oxygen atoms in total. The lowest BCUT2D eigenvalue weighted by atomic mass is 9.90. The Labute approximate surface area is 103 Å². The maximum Gasteiger partial charge on any atom is 0.317 e. The van der Waals surface area contributed by atoms with Gasteiger partial charge in [0.25, 0.3) is 0 Å². The van der Waals surface area contributed by atoms with Crippen molar-refractivity contribution in [3.8, 4) is 0 Å². The van der Waals surface area contributed by atoms with Crippen LogP contribution < -0.4 is 5.32 Å². The number of hydrogen-bond acceptors (Lipinski definition) is 4. The van der Waals surface area contributed by atoms with Crippen molar-refractivity contribution in [3.05, 3.63) is 0 Å². The molecule has 1 saturated heterocycles. The van der Waals surface area contributed by atoms with Crippen LogP contribution in [0.15, 0.2) is 0 Å². The van der Waals surface area contributed by atoms with Gasteiger partial charge in [-0.2, -0.15) is 0 Å². The number of carbonyl (C=O) groups is 1. The first kappa shape index (κ1) is 14.4. The van der Waals surface area contributed by atoms with Gasteiger partial charge in [-0.25, -0.2) is 0 Å². The highest BCUT2D eigenvalue weighted by molar-refractivity contribution is 5.69. The van der Waals surface area contributed by atoms with Gasteiger partial charge in [-0.3, -0.25) is 9.69 Å². The van der Waals surface area contributed by atoms with E-state index in [2.05, 4.69) is 12.2 Å². The molecule has 5 heteroatoms. The summed E-state index contributed by atoms with van der Waals surface area (Å²) in [5.74, 6) is -0.262. The number of nitrogens with one attached hydrogen (secondary N) is 1. The number of carboxylic acid groups (broad SMARTS) is 1. The van der Waals surface area contributed by atoms with E-state index in [0.29, 0.717) is 12.0 Å². The lowest BCUT2D eigenvalue weighted by molar-refractivity contribution is -0.138. The third kappa shape index (κ3) is 5.48. The Morgan fingerprint density at radius 2 is 2.24 bits per heavy atom. The average molecular weight is 244 g/mol. The monoisotopic (exact) mass is 244 g/mol. The third-order valence-electron chi connectivity index (χ3n) is 3.23. The molecule has 0 aromatic heterocycles. The topological polar surface area (TPSA) is 72.8 Å². The maximum absolute atomic E-state index is 10.8. The standard InChI is InChI=1S/C12H24N2O3/c1-2-13-11-6-10(4-3-5-15)7-14(8-11)9-12(16)17/h10-11,13,15H,2-9H2,1H3,(H,16,17). The Morgan fingerprint density at radius 3 is 2.82 bits per heavy atom. The Morgan fingerprint density at radius 1 is 1.47 bits per heavy atom. The van der Waals surface area contributed by atoms with E-state index in [1.165, 1.54) is 0 Å². The first-order valence-electron chi connectivity index (χ1n) is 6.44. The molecule has 1 aliphatic heterocycles. The van der Waals surface area contributed by atoms with E-state index < -0.39 is 5.97 Å². The van der Waals surface area contributed by atoms with Crippen molar-refractivity contribution in [2.75, 3.05) is 32.8 Å². The van der Waals surface area contributed by atoms with Crippen LogP contribution in [0.2, 0.25) is 0 Å². The maximum atomic E-state index is 10.8. The average Bonchev–Trinajstić information content (AvgIpc) is 2.25. The van der Waals surface area contributed by atoms with Crippen molar-refractivity contribution in [1.29, 1.82) is 0 Å². The van der Waals surface area contributed by atoms with Crippen LogP contribution in [0.25, 0.3) is 0 Å². The van der Waals surface area contributed by atoms with E-state index in [0.717, 1.165) is 38.9 Å². The summed E-state index contributed by atoms with van der Waals surface area (Å²) >= 11 is 0. The Hall–Kier alpha value is -0.650. The van der Waals surface area contributed by atoms with E-state index in [4.69, 9.17) is 10.2 Å². The number of aliphatic carboxylic acids is 1. The Kier molecular flexibility index (Phi) is 6.47. The minimum atomic E-state index is -0.761. The number of piperidine rings is 1. The molecule has 0 spiro atoms. The molecule has 1 fully saturated rings. The van der Waals surface area contributed by atoms with Gasteiger partial charge in [-0.05, 0) is 31.7 Å². The van der Waals surface area contributed by atoms with Gasteiger partial charge in [0.1, 0.15) is 0 Å². The van der Waals surface area contributed by atoms with Gasteiger partial charge in [0.15, 0.2) is 0 Å². The van der Waals surface area contributed by atoms with Crippen LogP contribution in [0, 0.1) is 5.92 Å². The number of likely N-dealkylation sites (N-methyl/N-ethyl adjacent to an activating group) is 1. The van der Waals surface area contributed by atoms with Gasteiger partial charge >= 0.3 is 5.97 Å². The SMILES string of the molecule is CCNC1CC(CCCO)CN(CC(=O)O)C1. The number of rotatable bonds is 7. The molecule has 1 heterocycles. The molecule has 100 valence electrons. The zero-order valence-corrected chi connectivity index (χ0v) is 10.6. The highest BCUT2D eigenvalue weighted by Crippen LogP contribution is 2.21. The molecule has 1 rings (SSSR count). The normalized spacial score (nSPS) is 26.0. The number of hydrogen-bond donors (Lipinski definition) is 3. The van der Waals surface area contributed by atoms with E-state index in [-0.39, 0.29) is 13.2 Å². The summed E-state index contributed by atoms with van der Waals surface area (Å²) in [6, 6.07) is 0.386.